The average Bonchev–Trinajstić information content (AvgIpc) is 2.86. The molecule has 2 unspecified atom stereocenters. The summed E-state index contributed by atoms with van der Waals surface area (Å²) in [5.74, 6) is 0.387. The fourth-order valence-corrected chi connectivity index (χ4v) is 4.72. The van der Waals surface area contributed by atoms with E-state index in [2.05, 4.69) is 13.0 Å². The molecule has 0 amide bonds. The molecule has 0 heterocycles. The Morgan fingerprint density at radius 2 is 1.45 bits per heavy atom. The van der Waals surface area contributed by atoms with E-state index >= 15 is 0 Å². The Hall–Kier alpha value is -1.24. The van der Waals surface area contributed by atoms with Gasteiger partial charge in [0.15, 0.2) is 6.10 Å². The molecule has 0 aliphatic carbocycles. The summed E-state index contributed by atoms with van der Waals surface area (Å²) in [6.45, 7) is 4.91. The summed E-state index contributed by atoms with van der Waals surface area (Å²) >= 11 is 0. The molecule has 0 aliphatic heterocycles. The van der Waals surface area contributed by atoms with Crippen LogP contribution in [0.1, 0.15) is 96.5 Å². The first kappa shape index (κ1) is 34.8. The van der Waals surface area contributed by atoms with Gasteiger partial charge in [0.2, 0.25) is 0 Å². The van der Waals surface area contributed by atoms with E-state index in [0.717, 1.165) is 35.2 Å². The van der Waals surface area contributed by atoms with Crippen molar-refractivity contribution >= 4 is 14.6 Å². The fourth-order valence-electron chi connectivity index (χ4n) is 4.12. The quantitative estimate of drug-likeness (QED) is 0.0628. The molecule has 0 bridgehead atoms. The zero-order valence-corrected chi connectivity index (χ0v) is 25.7. The van der Waals surface area contributed by atoms with E-state index in [9.17, 15) is 9.69 Å². The highest BCUT2D eigenvalue weighted by Gasteiger charge is 2.19. The number of likely N-dealkylation sites (N-methyl/N-ethyl adjacent to an activating group) is 1. The predicted molar refractivity (Wildman–Crippen MR) is 156 cm³/mol. The standard InChI is InChI=1S/C30H55NO6P/c1-6-7-8-9-10-11-12-13-14-15-16-17-20-28-21-18-19-22-30(28)34-25-29(37-27(2)32)26-36-38(33)35-24-23-31(3,4)5/h18-19,21-22,29,33H,6-17,20,23-26H2,1-5H3/q+1. The van der Waals surface area contributed by atoms with Crippen LogP contribution in [0.5, 0.6) is 5.75 Å². The lowest BCUT2D eigenvalue weighted by atomic mass is 10.0. The summed E-state index contributed by atoms with van der Waals surface area (Å²) in [7, 11) is 4.11. The van der Waals surface area contributed by atoms with Crippen LogP contribution in [0.2, 0.25) is 0 Å². The number of hydrogen-bond acceptors (Lipinski definition) is 6. The summed E-state index contributed by atoms with van der Waals surface area (Å²) in [6.07, 6.45) is 16.3. The number of ether oxygens (including phenoxy) is 2. The van der Waals surface area contributed by atoms with Crippen LogP contribution in [-0.2, 0) is 25.0 Å². The van der Waals surface area contributed by atoms with E-state index < -0.39 is 20.7 Å². The molecule has 1 aromatic carbocycles. The summed E-state index contributed by atoms with van der Waals surface area (Å²) in [5, 5.41) is 0. The van der Waals surface area contributed by atoms with Gasteiger partial charge < -0.3 is 27.9 Å². The molecule has 0 radical (unpaired) electrons. The summed E-state index contributed by atoms with van der Waals surface area (Å²) in [5.41, 5.74) is 1.16. The third-order valence-corrected chi connectivity index (χ3v) is 7.14. The van der Waals surface area contributed by atoms with Crippen molar-refractivity contribution in [1.82, 2.24) is 0 Å². The number of nitrogens with zero attached hydrogens (tertiary/aromatic N) is 1. The van der Waals surface area contributed by atoms with Crippen LogP contribution < -0.4 is 4.74 Å². The smallest absolute Gasteiger partial charge is 0.330 e. The molecule has 0 saturated heterocycles. The van der Waals surface area contributed by atoms with Crippen molar-refractivity contribution in [2.75, 3.05) is 47.5 Å². The van der Waals surface area contributed by atoms with Gasteiger partial charge >= 0.3 is 14.6 Å². The van der Waals surface area contributed by atoms with Crippen molar-refractivity contribution in [3.63, 3.8) is 0 Å². The van der Waals surface area contributed by atoms with Gasteiger partial charge in [-0.05, 0) is 24.5 Å². The van der Waals surface area contributed by atoms with Gasteiger partial charge in [-0.3, -0.25) is 4.79 Å². The van der Waals surface area contributed by atoms with E-state index in [1.165, 1.54) is 77.6 Å². The number of carbonyl (C=O) groups is 1. The molecular weight excluding hydrogens is 501 g/mol. The Labute approximate surface area is 233 Å². The van der Waals surface area contributed by atoms with Crippen molar-refractivity contribution < 1.29 is 32.7 Å². The number of quaternary nitrogens is 1. The number of benzene rings is 1. The lowest BCUT2D eigenvalue weighted by molar-refractivity contribution is -0.870. The maximum Gasteiger partial charge on any atom is 0.330 e. The lowest BCUT2D eigenvalue weighted by Gasteiger charge is -2.24. The second-order valence-corrected chi connectivity index (χ2v) is 12.2. The highest BCUT2D eigenvalue weighted by Crippen LogP contribution is 2.33. The van der Waals surface area contributed by atoms with Gasteiger partial charge in [0.05, 0.1) is 27.7 Å². The number of para-hydroxylation sites is 1. The van der Waals surface area contributed by atoms with Gasteiger partial charge in [0.1, 0.15) is 25.5 Å². The minimum atomic E-state index is -2.04. The topological polar surface area (TPSA) is 74.2 Å². The average molecular weight is 557 g/mol. The predicted octanol–water partition coefficient (Wildman–Crippen LogP) is 7.20. The molecule has 0 spiro atoms. The SMILES string of the molecule is CCCCCCCCCCCCCCc1ccccc1OCC(COP(O)OCC[N+](C)(C)C)OC(C)=O. The van der Waals surface area contributed by atoms with Crippen molar-refractivity contribution in [3.8, 4) is 5.75 Å². The monoisotopic (exact) mass is 556 g/mol. The molecule has 1 aromatic rings. The van der Waals surface area contributed by atoms with Gasteiger partial charge in [-0.15, -0.1) is 0 Å². The van der Waals surface area contributed by atoms with Crippen LogP contribution in [-0.4, -0.2) is 69.0 Å². The first-order valence-electron chi connectivity index (χ1n) is 14.6. The maximum atomic E-state index is 11.6. The normalized spacial score (nSPS) is 13.3. The van der Waals surface area contributed by atoms with E-state index in [1.54, 1.807) is 0 Å². The van der Waals surface area contributed by atoms with Crippen LogP contribution in [0, 0.1) is 0 Å². The number of aryl methyl sites for hydroxylation is 1. The lowest BCUT2D eigenvalue weighted by Crippen LogP contribution is -2.37. The Morgan fingerprint density at radius 3 is 2.03 bits per heavy atom. The molecule has 0 aliphatic rings. The van der Waals surface area contributed by atoms with Crippen molar-refractivity contribution in [2.45, 2.75) is 103 Å². The van der Waals surface area contributed by atoms with Crippen molar-refractivity contribution in [1.29, 1.82) is 0 Å². The zero-order valence-electron chi connectivity index (χ0n) is 24.8. The highest BCUT2D eigenvalue weighted by molar-refractivity contribution is 7.40. The zero-order chi connectivity index (χ0) is 28.1. The van der Waals surface area contributed by atoms with Crippen LogP contribution in [0.25, 0.3) is 0 Å². The Balaban J connectivity index is 2.33. The van der Waals surface area contributed by atoms with Gasteiger partial charge in [-0.1, -0.05) is 95.8 Å². The van der Waals surface area contributed by atoms with Crippen molar-refractivity contribution in [3.05, 3.63) is 29.8 Å². The summed E-state index contributed by atoms with van der Waals surface area (Å²) in [4.78, 5) is 21.6. The van der Waals surface area contributed by atoms with E-state index in [1.807, 2.05) is 39.3 Å². The number of unbranched alkanes of at least 4 members (excludes halogenated alkanes) is 11. The third kappa shape index (κ3) is 19.8. The molecule has 38 heavy (non-hydrogen) atoms. The molecule has 1 N–H and O–H groups in total. The van der Waals surface area contributed by atoms with Crippen LogP contribution in [0.15, 0.2) is 24.3 Å². The number of hydrogen-bond donors (Lipinski definition) is 1. The van der Waals surface area contributed by atoms with Crippen LogP contribution >= 0.6 is 8.60 Å². The van der Waals surface area contributed by atoms with Gasteiger partial charge in [0, 0.05) is 6.92 Å². The summed E-state index contributed by atoms with van der Waals surface area (Å²) < 4.78 is 22.9. The highest BCUT2D eigenvalue weighted by atomic mass is 31.2. The minimum Gasteiger partial charge on any atom is -0.489 e. The molecule has 1 rings (SSSR count). The first-order chi connectivity index (χ1) is 18.2. The first-order valence-corrected chi connectivity index (χ1v) is 15.8. The van der Waals surface area contributed by atoms with Gasteiger partial charge in [0.25, 0.3) is 0 Å². The molecule has 7 nitrogen and oxygen atoms in total. The largest absolute Gasteiger partial charge is 0.489 e. The molecule has 0 fully saturated rings. The molecule has 0 aromatic heterocycles. The second kappa shape index (κ2) is 21.6. The Bertz CT molecular complexity index is 727. The molecular formula is C30H55NO6P+. The molecule has 0 saturated carbocycles. The Morgan fingerprint density at radius 1 is 0.868 bits per heavy atom. The summed E-state index contributed by atoms with van der Waals surface area (Å²) in [6, 6.07) is 8.03. The number of rotatable bonds is 24. The van der Waals surface area contributed by atoms with Gasteiger partial charge in [-0.25, -0.2) is 0 Å². The van der Waals surface area contributed by atoms with E-state index in [-0.39, 0.29) is 13.2 Å². The third-order valence-electron chi connectivity index (χ3n) is 6.36. The molecule has 8 heteroatoms. The van der Waals surface area contributed by atoms with Crippen LogP contribution in [0.3, 0.4) is 0 Å². The molecule has 2 atom stereocenters. The Kier molecular flexibility index (Phi) is 19.7. The minimum absolute atomic E-state index is 0.00701. The maximum absolute atomic E-state index is 11.6. The molecule has 220 valence electrons. The van der Waals surface area contributed by atoms with Gasteiger partial charge in [-0.2, -0.15) is 0 Å². The van der Waals surface area contributed by atoms with Crippen molar-refractivity contribution in [2.24, 2.45) is 0 Å². The van der Waals surface area contributed by atoms with E-state index in [4.69, 9.17) is 18.5 Å². The number of esters is 1. The fraction of sp³-hybridized carbons (Fsp3) is 0.767. The van der Waals surface area contributed by atoms with Crippen LogP contribution in [0.4, 0.5) is 0 Å². The van der Waals surface area contributed by atoms with E-state index in [0.29, 0.717) is 6.61 Å². The second-order valence-electron chi connectivity index (χ2n) is 11.2. The number of carbonyl (C=O) groups excluding carboxylic acids is 1.